The van der Waals surface area contributed by atoms with Crippen molar-refractivity contribution in [3.8, 4) is 89.5 Å². The molecule has 10 aromatic rings. The normalized spacial score (nSPS) is 11.0. The van der Waals surface area contributed by atoms with Crippen molar-refractivity contribution in [1.82, 2.24) is 15.0 Å². The molecule has 0 saturated heterocycles. The smallest absolute Gasteiger partial charge is 0.230 e. The molecule has 4 heteroatoms. The molecule has 0 aliphatic carbocycles. The first-order chi connectivity index (χ1) is 30.6. The minimum Gasteiger partial charge on any atom is -0.285 e. The second-order valence-electron chi connectivity index (χ2n) is 15.2. The van der Waals surface area contributed by atoms with Crippen molar-refractivity contribution in [1.29, 1.82) is 0 Å². The van der Waals surface area contributed by atoms with Crippen LogP contribution >= 0.6 is 0 Å². The Balaban J connectivity index is 1.10. The van der Waals surface area contributed by atoms with Gasteiger partial charge in [0, 0.05) is 16.7 Å². The lowest BCUT2D eigenvalue weighted by Gasteiger charge is -2.12. The van der Waals surface area contributed by atoms with E-state index in [1.54, 1.807) is 0 Å². The van der Waals surface area contributed by atoms with Gasteiger partial charge in [-0.3, -0.25) is 4.79 Å². The third-order valence-electron chi connectivity index (χ3n) is 11.1. The van der Waals surface area contributed by atoms with Gasteiger partial charge in [-0.15, -0.1) is 0 Å². The fourth-order valence-corrected chi connectivity index (χ4v) is 7.91. The van der Waals surface area contributed by atoms with Crippen LogP contribution < -0.4 is 0 Å². The standard InChI is InChI=1S/C58H39N3O/c62-55(54-38-52(42-21-9-3-10-22-42)37-53(39-54)43-23-11-4-12-24-43)58-60-56(50-31-15-29-48(35-50)46-27-13-25-44(33-46)40-17-5-1-6-18-40)59-57(61-58)51-32-16-30-49(36-51)47-28-14-26-45(34-47)41-19-7-2-8-20-41/h1-39H. The third-order valence-corrected chi connectivity index (χ3v) is 11.1. The van der Waals surface area contributed by atoms with Gasteiger partial charge in [-0.05, 0) is 109 Å². The molecule has 10 rings (SSSR count). The zero-order chi connectivity index (χ0) is 41.7. The number of rotatable bonds is 10. The van der Waals surface area contributed by atoms with Gasteiger partial charge in [0.05, 0.1) is 0 Å². The molecule has 0 radical (unpaired) electrons. The highest BCUT2D eigenvalue weighted by Crippen LogP contribution is 2.33. The molecule has 0 atom stereocenters. The second-order valence-corrected chi connectivity index (χ2v) is 15.2. The largest absolute Gasteiger partial charge is 0.285 e. The van der Waals surface area contributed by atoms with Crippen LogP contribution in [-0.4, -0.2) is 20.7 Å². The van der Waals surface area contributed by atoms with E-state index < -0.39 is 0 Å². The summed E-state index contributed by atoms with van der Waals surface area (Å²) < 4.78 is 0. The molecule has 292 valence electrons. The lowest BCUT2D eigenvalue weighted by molar-refractivity contribution is 0.102. The number of nitrogens with zero attached hydrogens (tertiary/aromatic N) is 3. The molecular formula is C58H39N3O. The van der Waals surface area contributed by atoms with Crippen molar-refractivity contribution in [2.24, 2.45) is 0 Å². The molecule has 0 N–H and O–H groups in total. The van der Waals surface area contributed by atoms with Gasteiger partial charge in [-0.2, -0.15) is 0 Å². The van der Waals surface area contributed by atoms with Crippen LogP contribution in [0.3, 0.4) is 0 Å². The van der Waals surface area contributed by atoms with E-state index >= 15 is 0 Å². The number of ketones is 1. The average Bonchev–Trinajstić information content (AvgIpc) is 3.37. The van der Waals surface area contributed by atoms with Crippen LogP contribution in [-0.2, 0) is 0 Å². The molecule has 1 heterocycles. The van der Waals surface area contributed by atoms with Gasteiger partial charge in [0.2, 0.25) is 11.6 Å². The quantitative estimate of drug-likeness (QED) is 0.129. The molecule has 0 fully saturated rings. The monoisotopic (exact) mass is 793 g/mol. The molecule has 0 spiro atoms. The Morgan fingerprint density at radius 2 is 0.500 bits per heavy atom. The summed E-state index contributed by atoms with van der Waals surface area (Å²) >= 11 is 0. The molecule has 1 aromatic heterocycles. The number of carbonyl (C=O) groups is 1. The minimum atomic E-state index is -0.289. The van der Waals surface area contributed by atoms with E-state index in [0.29, 0.717) is 17.2 Å². The van der Waals surface area contributed by atoms with E-state index in [2.05, 4.69) is 152 Å². The van der Waals surface area contributed by atoms with Gasteiger partial charge in [-0.1, -0.05) is 194 Å². The third kappa shape index (κ3) is 8.14. The summed E-state index contributed by atoms with van der Waals surface area (Å²) in [5, 5.41) is 0. The first-order valence-corrected chi connectivity index (χ1v) is 20.7. The lowest BCUT2D eigenvalue weighted by Crippen LogP contribution is -2.11. The number of benzene rings is 9. The Morgan fingerprint density at radius 3 is 0.855 bits per heavy atom. The Kier molecular flexibility index (Phi) is 10.5. The van der Waals surface area contributed by atoms with E-state index in [1.807, 2.05) is 84.9 Å². The molecular weight excluding hydrogens is 755 g/mol. The van der Waals surface area contributed by atoms with Crippen molar-refractivity contribution in [3.63, 3.8) is 0 Å². The summed E-state index contributed by atoms with van der Waals surface area (Å²) in [4.78, 5) is 30.0. The van der Waals surface area contributed by atoms with E-state index in [0.717, 1.165) is 77.9 Å². The molecule has 0 saturated carbocycles. The predicted octanol–water partition coefficient (Wildman–Crippen LogP) is 14.4. The van der Waals surface area contributed by atoms with Crippen LogP contribution in [0, 0.1) is 0 Å². The van der Waals surface area contributed by atoms with Crippen LogP contribution in [0.25, 0.3) is 89.5 Å². The molecule has 4 nitrogen and oxygen atoms in total. The predicted molar refractivity (Wildman–Crippen MR) is 253 cm³/mol. The van der Waals surface area contributed by atoms with Crippen LogP contribution in [0.5, 0.6) is 0 Å². The van der Waals surface area contributed by atoms with Gasteiger partial charge in [0.1, 0.15) is 0 Å². The maximum atomic E-state index is 14.9. The minimum absolute atomic E-state index is 0.0715. The summed E-state index contributed by atoms with van der Waals surface area (Å²) in [6, 6.07) is 80.4. The first-order valence-electron chi connectivity index (χ1n) is 20.7. The molecule has 0 unspecified atom stereocenters. The number of hydrogen-bond donors (Lipinski definition) is 0. The maximum absolute atomic E-state index is 14.9. The van der Waals surface area contributed by atoms with Gasteiger partial charge in [0.25, 0.3) is 0 Å². The number of hydrogen-bond acceptors (Lipinski definition) is 4. The van der Waals surface area contributed by atoms with Crippen molar-refractivity contribution in [2.75, 3.05) is 0 Å². The number of aromatic nitrogens is 3. The molecule has 0 aliphatic heterocycles. The van der Waals surface area contributed by atoms with Crippen molar-refractivity contribution in [2.45, 2.75) is 0 Å². The van der Waals surface area contributed by atoms with E-state index in [9.17, 15) is 4.79 Å². The Hall–Kier alpha value is -8.34. The van der Waals surface area contributed by atoms with Crippen molar-refractivity contribution < 1.29 is 4.79 Å². The molecule has 62 heavy (non-hydrogen) atoms. The highest BCUT2D eigenvalue weighted by molar-refractivity contribution is 6.08. The van der Waals surface area contributed by atoms with Crippen LogP contribution in [0.2, 0.25) is 0 Å². The Morgan fingerprint density at radius 1 is 0.242 bits per heavy atom. The summed E-state index contributed by atoms with van der Waals surface area (Å²) in [7, 11) is 0. The average molecular weight is 794 g/mol. The summed E-state index contributed by atoms with van der Waals surface area (Å²) in [6.45, 7) is 0. The topological polar surface area (TPSA) is 55.7 Å². The lowest BCUT2D eigenvalue weighted by atomic mass is 9.94. The van der Waals surface area contributed by atoms with Crippen molar-refractivity contribution >= 4 is 5.78 Å². The summed E-state index contributed by atoms with van der Waals surface area (Å²) in [5.41, 5.74) is 14.6. The highest BCUT2D eigenvalue weighted by Gasteiger charge is 2.20. The van der Waals surface area contributed by atoms with Crippen LogP contribution in [0.15, 0.2) is 237 Å². The molecule has 9 aromatic carbocycles. The molecule has 0 bridgehead atoms. The fraction of sp³-hybridized carbons (Fsp3) is 0. The summed E-state index contributed by atoms with van der Waals surface area (Å²) in [5.74, 6) is 0.613. The van der Waals surface area contributed by atoms with E-state index in [1.165, 1.54) is 0 Å². The fourth-order valence-electron chi connectivity index (χ4n) is 7.91. The van der Waals surface area contributed by atoms with Gasteiger partial charge in [-0.25, -0.2) is 15.0 Å². The Bertz CT molecular complexity index is 2980. The second kappa shape index (κ2) is 17.1. The molecule has 0 aliphatic rings. The highest BCUT2D eigenvalue weighted by atomic mass is 16.1. The van der Waals surface area contributed by atoms with Crippen LogP contribution in [0.4, 0.5) is 0 Å². The summed E-state index contributed by atoms with van der Waals surface area (Å²) in [6.07, 6.45) is 0. The number of carbonyl (C=O) groups excluding carboxylic acids is 1. The van der Waals surface area contributed by atoms with E-state index in [4.69, 9.17) is 15.0 Å². The zero-order valence-corrected chi connectivity index (χ0v) is 33.8. The Labute approximate surface area is 361 Å². The van der Waals surface area contributed by atoms with Crippen LogP contribution in [0.1, 0.15) is 16.2 Å². The first kappa shape index (κ1) is 37.9. The van der Waals surface area contributed by atoms with E-state index in [-0.39, 0.29) is 11.6 Å². The maximum Gasteiger partial charge on any atom is 0.230 e. The molecule has 0 amide bonds. The van der Waals surface area contributed by atoms with Gasteiger partial charge >= 0.3 is 0 Å². The zero-order valence-electron chi connectivity index (χ0n) is 33.8. The SMILES string of the molecule is O=C(c1cc(-c2ccccc2)cc(-c2ccccc2)c1)c1nc(-c2cccc(-c3cccc(-c4ccccc4)c3)c2)nc(-c2cccc(-c3cccc(-c4ccccc4)c3)c2)n1. The van der Waals surface area contributed by atoms with Crippen molar-refractivity contribution in [3.05, 3.63) is 248 Å². The van der Waals surface area contributed by atoms with Gasteiger partial charge < -0.3 is 0 Å². The van der Waals surface area contributed by atoms with Gasteiger partial charge in [0.15, 0.2) is 11.6 Å².